The maximum absolute atomic E-state index is 11.7. The van der Waals surface area contributed by atoms with E-state index < -0.39 is 0 Å². The smallest absolute Gasteiger partial charge is 0.231 e. The van der Waals surface area contributed by atoms with Gasteiger partial charge in [0.15, 0.2) is 0 Å². The van der Waals surface area contributed by atoms with E-state index in [2.05, 4.69) is 10.5 Å². The van der Waals surface area contributed by atoms with E-state index in [-0.39, 0.29) is 12.3 Å². The van der Waals surface area contributed by atoms with Crippen LogP contribution in [0, 0.1) is 18.3 Å². The molecule has 5 nitrogen and oxygen atoms in total. The predicted molar refractivity (Wildman–Crippen MR) is 64.7 cm³/mol. The number of rotatable bonds is 3. The van der Waals surface area contributed by atoms with Gasteiger partial charge in [0.1, 0.15) is 0 Å². The normalized spacial score (nSPS) is 9.78. The lowest BCUT2D eigenvalue weighted by atomic mass is 10.1. The molecular formula is C13H11N3O2. The highest BCUT2D eigenvalue weighted by molar-refractivity contribution is 5.91. The van der Waals surface area contributed by atoms with Crippen LogP contribution in [0.25, 0.3) is 0 Å². The van der Waals surface area contributed by atoms with Gasteiger partial charge < -0.3 is 4.52 Å². The fourth-order valence-corrected chi connectivity index (χ4v) is 1.49. The van der Waals surface area contributed by atoms with Gasteiger partial charge in [0.2, 0.25) is 11.8 Å². The van der Waals surface area contributed by atoms with Crippen LogP contribution in [0.1, 0.15) is 16.8 Å². The zero-order chi connectivity index (χ0) is 13.0. The van der Waals surface area contributed by atoms with Crippen LogP contribution in [0.4, 0.5) is 5.88 Å². The van der Waals surface area contributed by atoms with E-state index in [1.807, 2.05) is 6.07 Å². The number of nitriles is 1. The summed E-state index contributed by atoms with van der Waals surface area (Å²) in [5.74, 6) is 0.155. The summed E-state index contributed by atoms with van der Waals surface area (Å²) in [6.45, 7) is 1.78. The first-order chi connectivity index (χ1) is 8.67. The second kappa shape index (κ2) is 5.15. The number of amides is 1. The number of benzene rings is 1. The van der Waals surface area contributed by atoms with Gasteiger partial charge in [0.25, 0.3) is 0 Å². The fraction of sp³-hybridized carbons (Fsp3) is 0.154. The highest BCUT2D eigenvalue weighted by atomic mass is 16.5. The second-order valence-corrected chi connectivity index (χ2v) is 3.87. The van der Waals surface area contributed by atoms with Crippen LogP contribution < -0.4 is 5.32 Å². The second-order valence-electron chi connectivity index (χ2n) is 3.87. The first-order valence-electron chi connectivity index (χ1n) is 5.39. The van der Waals surface area contributed by atoms with Crippen molar-refractivity contribution in [3.05, 3.63) is 47.2 Å². The molecule has 0 atom stereocenters. The minimum atomic E-state index is -0.184. The van der Waals surface area contributed by atoms with E-state index in [9.17, 15) is 4.79 Å². The van der Waals surface area contributed by atoms with Crippen molar-refractivity contribution in [2.45, 2.75) is 13.3 Å². The molecule has 2 aromatic rings. The summed E-state index contributed by atoms with van der Waals surface area (Å²) in [6.07, 6.45) is 0.228. The summed E-state index contributed by atoms with van der Waals surface area (Å²) in [5, 5.41) is 14.9. The van der Waals surface area contributed by atoms with Crippen LogP contribution in [0.15, 0.2) is 34.9 Å². The molecule has 1 aromatic heterocycles. The first kappa shape index (κ1) is 11.9. The van der Waals surface area contributed by atoms with E-state index in [1.54, 1.807) is 37.3 Å². The molecule has 1 aromatic carbocycles. The number of carbonyl (C=O) groups is 1. The maximum Gasteiger partial charge on any atom is 0.231 e. The molecule has 0 bridgehead atoms. The molecule has 0 fully saturated rings. The van der Waals surface area contributed by atoms with E-state index >= 15 is 0 Å². The SMILES string of the molecule is Cc1cc(NC(=O)Cc2ccc(C#N)cc2)on1. The van der Waals surface area contributed by atoms with E-state index in [0.717, 1.165) is 5.56 Å². The van der Waals surface area contributed by atoms with Crippen LogP contribution in [0.3, 0.4) is 0 Å². The van der Waals surface area contributed by atoms with Crippen molar-refractivity contribution in [3.8, 4) is 6.07 Å². The minimum absolute atomic E-state index is 0.184. The highest BCUT2D eigenvalue weighted by Gasteiger charge is 2.07. The van der Waals surface area contributed by atoms with E-state index in [0.29, 0.717) is 17.1 Å². The Morgan fingerprint density at radius 3 is 2.72 bits per heavy atom. The van der Waals surface area contributed by atoms with Gasteiger partial charge in [0, 0.05) is 6.07 Å². The maximum atomic E-state index is 11.7. The van der Waals surface area contributed by atoms with Gasteiger partial charge in [-0.25, -0.2) is 0 Å². The Hall–Kier alpha value is -2.61. The number of nitrogens with one attached hydrogen (secondary N) is 1. The topological polar surface area (TPSA) is 78.9 Å². The van der Waals surface area contributed by atoms with Crippen LogP contribution in [-0.2, 0) is 11.2 Å². The Morgan fingerprint density at radius 1 is 1.44 bits per heavy atom. The Morgan fingerprint density at radius 2 is 2.17 bits per heavy atom. The molecule has 0 spiro atoms. The Labute approximate surface area is 104 Å². The number of aryl methyl sites for hydroxylation is 1. The third-order valence-corrected chi connectivity index (χ3v) is 2.34. The lowest BCUT2D eigenvalue weighted by molar-refractivity contribution is -0.115. The van der Waals surface area contributed by atoms with Crippen molar-refractivity contribution in [2.75, 3.05) is 5.32 Å². The number of nitrogens with zero attached hydrogens (tertiary/aromatic N) is 2. The van der Waals surface area contributed by atoms with E-state index in [4.69, 9.17) is 9.78 Å². The standard InChI is InChI=1S/C13H11N3O2/c1-9-6-13(18-16-9)15-12(17)7-10-2-4-11(8-14)5-3-10/h2-6H,7H2,1H3,(H,15,17). The quantitative estimate of drug-likeness (QED) is 0.891. The zero-order valence-electron chi connectivity index (χ0n) is 9.80. The molecule has 1 amide bonds. The average molecular weight is 241 g/mol. The largest absolute Gasteiger partial charge is 0.338 e. The number of anilines is 1. The number of hydrogen-bond donors (Lipinski definition) is 1. The van der Waals surface area contributed by atoms with Crippen molar-refractivity contribution < 1.29 is 9.32 Å². The molecule has 1 N–H and O–H groups in total. The van der Waals surface area contributed by atoms with Gasteiger partial charge >= 0.3 is 0 Å². The van der Waals surface area contributed by atoms with Crippen molar-refractivity contribution in [1.29, 1.82) is 5.26 Å². The molecular weight excluding hydrogens is 230 g/mol. The van der Waals surface area contributed by atoms with Gasteiger partial charge in [-0.2, -0.15) is 5.26 Å². The number of aromatic nitrogens is 1. The van der Waals surface area contributed by atoms with Crippen molar-refractivity contribution in [1.82, 2.24) is 5.16 Å². The summed E-state index contributed by atoms with van der Waals surface area (Å²) in [4.78, 5) is 11.7. The highest BCUT2D eigenvalue weighted by Crippen LogP contribution is 2.10. The summed E-state index contributed by atoms with van der Waals surface area (Å²) in [6, 6.07) is 10.5. The molecule has 1 heterocycles. The third kappa shape index (κ3) is 2.95. The molecule has 2 rings (SSSR count). The third-order valence-electron chi connectivity index (χ3n) is 2.34. The van der Waals surface area contributed by atoms with Crippen molar-refractivity contribution in [2.24, 2.45) is 0 Å². The molecule has 0 saturated heterocycles. The lowest BCUT2D eigenvalue weighted by Gasteiger charge is -2.01. The summed E-state index contributed by atoms with van der Waals surface area (Å²) >= 11 is 0. The lowest BCUT2D eigenvalue weighted by Crippen LogP contribution is -2.13. The van der Waals surface area contributed by atoms with Gasteiger partial charge in [-0.15, -0.1) is 0 Å². The molecule has 0 unspecified atom stereocenters. The minimum Gasteiger partial charge on any atom is -0.338 e. The van der Waals surface area contributed by atoms with Crippen LogP contribution in [-0.4, -0.2) is 11.1 Å². The molecule has 0 saturated carbocycles. The van der Waals surface area contributed by atoms with Gasteiger partial charge in [-0.1, -0.05) is 17.3 Å². The summed E-state index contributed by atoms with van der Waals surface area (Å²) in [7, 11) is 0. The van der Waals surface area contributed by atoms with Gasteiger partial charge in [0.05, 0.1) is 23.7 Å². The monoisotopic (exact) mass is 241 g/mol. The molecule has 5 heteroatoms. The van der Waals surface area contributed by atoms with Crippen molar-refractivity contribution >= 4 is 11.8 Å². The number of carbonyl (C=O) groups excluding carboxylic acids is 1. The summed E-state index contributed by atoms with van der Waals surface area (Å²) in [5.41, 5.74) is 2.12. The molecule has 0 aliphatic heterocycles. The predicted octanol–water partition coefficient (Wildman–Crippen LogP) is 2.04. The Balaban J connectivity index is 1.96. The van der Waals surface area contributed by atoms with E-state index in [1.165, 1.54) is 0 Å². The molecule has 0 radical (unpaired) electrons. The van der Waals surface area contributed by atoms with Crippen molar-refractivity contribution in [3.63, 3.8) is 0 Å². The van der Waals surface area contributed by atoms with Crippen LogP contribution >= 0.6 is 0 Å². The first-order valence-corrected chi connectivity index (χ1v) is 5.39. The fourth-order valence-electron chi connectivity index (χ4n) is 1.49. The molecule has 0 aliphatic rings. The van der Waals surface area contributed by atoms with Gasteiger partial charge in [-0.3, -0.25) is 10.1 Å². The Kier molecular flexibility index (Phi) is 3.39. The molecule has 0 aliphatic carbocycles. The zero-order valence-corrected chi connectivity index (χ0v) is 9.80. The van der Waals surface area contributed by atoms with Gasteiger partial charge in [-0.05, 0) is 24.6 Å². The Bertz CT molecular complexity index is 593. The van der Waals surface area contributed by atoms with Crippen LogP contribution in [0.5, 0.6) is 0 Å². The summed E-state index contributed by atoms with van der Waals surface area (Å²) < 4.78 is 4.88. The van der Waals surface area contributed by atoms with Crippen LogP contribution in [0.2, 0.25) is 0 Å². The molecule has 90 valence electrons. The molecule has 18 heavy (non-hydrogen) atoms. The average Bonchev–Trinajstić information content (AvgIpc) is 2.75. The number of hydrogen-bond acceptors (Lipinski definition) is 4.